The highest BCUT2D eigenvalue weighted by Crippen LogP contribution is 2.27. The third-order valence-corrected chi connectivity index (χ3v) is 4.63. The molecule has 0 aromatic heterocycles. The molecule has 0 saturated carbocycles. The van der Waals surface area contributed by atoms with Gasteiger partial charge in [-0.15, -0.1) is 0 Å². The van der Waals surface area contributed by atoms with Crippen LogP contribution in [0.3, 0.4) is 0 Å². The maximum Gasteiger partial charge on any atom is 0.244 e. The van der Waals surface area contributed by atoms with Gasteiger partial charge in [-0.1, -0.05) is 0 Å². The Hall–Kier alpha value is -2.65. The van der Waals surface area contributed by atoms with Crippen molar-refractivity contribution in [1.29, 1.82) is 0 Å². The third-order valence-electron chi connectivity index (χ3n) is 3.21. The minimum atomic E-state index is -4.01. The van der Waals surface area contributed by atoms with E-state index in [1.54, 1.807) is 6.07 Å². The lowest BCUT2D eigenvalue weighted by molar-refractivity contribution is -0.115. The molecule has 0 unspecified atom stereocenters. The minimum absolute atomic E-state index is 0.118. The molecule has 0 atom stereocenters. The number of carbonyl (C=O) groups is 1. The zero-order chi connectivity index (χ0) is 18.4. The Morgan fingerprint density at radius 1 is 1.08 bits per heavy atom. The number of amides is 1. The molecule has 2 N–H and O–H groups in total. The number of ether oxygens (including phenoxy) is 2. The molecule has 7 nitrogen and oxygen atoms in total. The molecule has 1 amide bonds. The fourth-order valence-corrected chi connectivity index (χ4v) is 3.13. The van der Waals surface area contributed by atoms with Crippen molar-refractivity contribution in [3.05, 3.63) is 48.3 Å². The molecule has 2 rings (SSSR count). The summed E-state index contributed by atoms with van der Waals surface area (Å²) in [5.74, 6) is -0.593. The van der Waals surface area contributed by atoms with Crippen LogP contribution in [0.4, 0.5) is 10.1 Å². The molecule has 0 aliphatic rings. The van der Waals surface area contributed by atoms with Crippen molar-refractivity contribution in [3.63, 3.8) is 0 Å². The Bertz CT molecular complexity index is 853. The zero-order valence-electron chi connectivity index (χ0n) is 13.6. The normalized spacial score (nSPS) is 11.0. The molecule has 0 saturated heterocycles. The highest BCUT2D eigenvalue weighted by molar-refractivity contribution is 7.89. The van der Waals surface area contributed by atoms with Gasteiger partial charge in [-0.25, -0.2) is 17.5 Å². The molecular formula is C16H17FN2O5S. The van der Waals surface area contributed by atoms with E-state index in [0.717, 1.165) is 0 Å². The van der Waals surface area contributed by atoms with Crippen molar-refractivity contribution in [3.8, 4) is 11.5 Å². The summed E-state index contributed by atoms with van der Waals surface area (Å²) in [6.45, 7) is -0.500. The van der Waals surface area contributed by atoms with Crippen LogP contribution in [-0.4, -0.2) is 35.1 Å². The van der Waals surface area contributed by atoms with Crippen LogP contribution in [0.2, 0.25) is 0 Å². The van der Waals surface area contributed by atoms with Crippen LogP contribution in [0.25, 0.3) is 0 Å². The number of anilines is 1. The lowest BCUT2D eigenvalue weighted by Gasteiger charge is -2.12. The molecule has 0 heterocycles. The molecule has 25 heavy (non-hydrogen) atoms. The molecule has 9 heteroatoms. The van der Waals surface area contributed by atoms with E-state index in [0.29, 0.717) is 11.4 Å². The molecule has 0 radical (unpaired) electrons. The molecule has 0 aliphatic carbocycles. The number of halogens is 1. The smallest absolute Gasteiger partial charge is 0.244 e. The van der Waals surface area contributed by atoms with Crippen molar-refractivity contribution in [1.82, 2.24) is 4.72 Å². The van der Waals surface area contributed by atoms with Crippen LogP contribution in [0.15, 0.2) is 47.4 Å². The van der Waals surface area contributed by atoms with E-state index >= 15 is 0 Å². The van der Waals surface area contributed by atoms with Crippen LogP contribution >= 0.6 is 0 Å². The van der Waals surface area contributed by atoms with Gasteiger partial charge >= 0.3 is 0 Å². The summed E-state index contributed by atoms with van der Waals surface area (Å²) >= 11 is 0. The Balaban J connectivity index is 2.08. The van der Waals surface area contributed by atoms with E-state index in [1.165, 1.54) is 50.6 Å². The Morgan fingerprint density at radius 2 is 1.76 bits per heavy atom. The molecule has 2 aromatic carbocycles. The lowest BCUT2D eigenvalue weighted by Crippen LogP contribution is -2.33. The van der Waals surface area contributed by atoms with Gasteiger partial charge in [0.25, 0.3) is 0 Å². The number of rotatable bonds is 7. The Labute approximate surface area is 144 Å². The van der Waals surface area contributed by atoms with Crippen molar-refractivity contribution >= 4 is 21.6 Å². The first kappa shape index (κ1) is 18.7. The van der Waals surface area contributed by atoms with Gasteiger partial charge in [0, 0.05) is 11.8 Å². The predicted octanol–water partition coefficient (Wildman–Crippen LogP) is 1.76. The first-order valence-corrected chi connectivity index (χ1v) is 8.61. The predicted molar refractivity (Wildman–Crippen MR) is 89.8 cm³/mol. The zero-order valence-corrected chi connectivity index (χ0v) is 14.4. The van der Waals surface area contributed by atoms with E-state index in [4.69, 9.17) is 9.47 Å². The summed E-state index contributed by atoms with van der Waals surface area (Å²) in [6, 6.07) is 9.39. The summed E-state index contributed by atoms with van der Waals surface area (Å²) < 4.78 is 49.9. The van der Waals surface area contributed by atoms with Gasteiger partial charge in [0.15, 0.2) is 0 Å². The Morgan fingerprint density at radius 3 is 2.36 bits per heavy atom. The van der Waals surface area contributed by atoms with Gasteiger partial charge in [0.05, 0.1) is 20.8 Å². The van der Waals surface area contributed by atoms with Crippen molar-refractivity contribution < 1.29 is 27.1 Å². The SMILES string of the molecule is COc1ccc(OC)c(S(=O)(=O)NCC(=O)Nc2ccc(F)cc2)c1. The lowest BCUT2D eigenvalue weighted by atomic mass is 10.3. The van der Waals surface area contributed by atoms with Gasteiger partial charge < -0.3 is 14.8 Å². The number of carbonyl (C=O) groups excluding carboxylic acids is 1. The second kappa shape index (κ2) is 7.95. The number of benzene rings is 2. The third kappa shape index (κ3) is 4.91. The maximum absolute atomic E-state index is 12.8. The van der Waals surface area contributed by atoms with Crippen LogP contribution in [0.1, 0.15) is 0 Å². The fraction of sp³-hybridized carbons (Fsp3) is 0.188. The average Bonchev–Trinajstić information content (AvgIpc) is 2.61. The second-order valence-corrected chi connectivity index (χ2v) is 6.63. The number of hydrogen-bond acceptors (Lipinski definition) is 5. The van der Waals surface area contributed by atoms with E-state index in [1.807, 2.05) is 0 Å². The van der Waals surface area contributed by atoms with Gasteiger partial charge in [-0.2, -0.15) is 0 Å². The molecule has 0 bridgehead atoms. The van der Waals surface area contributed by atoms with E-state index in [-0.39, 0.29) is 10.6 Å². The van der Waals surface area contributed by atoms with Crippen molar-refractivity contribution in [2.75, 3.05) is 26.1 Å². The van der Waals surface area contributed by atoms with Gasteiger partial charge in [0.2, 0.25) is 15.9 Å². The molecule has 2 aromatic rings. The molecule has 134 valence electrons. The van der Waals surface area contributed by atoms with Crippen molar-refractivity contribution in [2.45, 2.75) is 4.90 Å². The topological polar surface area (TPSA) is 93.7 Å². The Kier molecular flexibility index (Phi) is 5.94. The molecule has 0 spiro atoms. The quantitative estimate of drug-likeness (QED) is 0.777. The first-order chi connectivity index (χ1) is 11.9. The van der Waals surface area contributed by atoms with Crippen LogP contribution in [0.5, 0.6) is 11.5 Å². The monoisotopic (exact) mass is 368 g/mol. The molecule has 0 aliphatic heterocycles. The highest BCUT2D eigenvalue weighted by atomic mass is 32.2. The van der Waals surface area contributed by atoms with Crippen LogP contribution in [-0.2, 0) is 14.8 Å². The fourth-order valence-electron chi connectivity index (χ4n) is 1.97. The first-order valence-electron chi connectivity index (χ1n) is 7.13. The minimum Gasteiger partial charge on any atom is -0.497 e. The summed E-state index contributed by atoms with van der Waals surface area (Å²) in [6.07, 6.45) is 0. The van der Waals surface area contributed by atoms with E-state index < -0.39 is 28.3 Å². The summed E-state index contributed by atoms with van der Waals surface area (Å²) in [4.78, 5) is 11.7. The van der Waals surface area contributed by atoms with E-state index in [2.05, 4.69) is 10.0 Å². The molecular weight excluding hydrogens is 351 g/mol. The molecule has 0 fully saturated rings. The number of hydrogen-bond donors (Lipinski definition) is 2. The van der Waals surface area contributed by atoms with Gasteiger partial charge in [-0.05, 0) is 36.4 Å². The highest BCUT2D eigenvalue weighted by Gasteiger charge is 2.21. The summed E-state index contributed by atoms with van der Waals surface area (Å²) in [5.41, 5.74) is 0.351. The second-order valence-electron chi connectivity index (χ2n) is 4.90. The van der Waals surface area contributed by atoms with Crippen LogP contribution in [0, 0.1) is 5.82 Å². The average molecular weight is 368 g/mol. The van der Waals surface area contributed by atoms with Gasteiger partial charge in [-0.3, -0.25) is 4.79 Å². The van der Waals surface area contributed by atoms with Gasteiger partial charge in [0.1, 0.15) is 22.2 Å². The van der Waals surface area contributed by atoms with Crippen molar-refractivity contribution in [2.24, 2.45) is 0 Å². The standard InChI is InChI=1S/C16H17FN2O5S/c1-23-13-7-8-14(24-2)15(9-13)25(21,22)18-10-16(20)19-12-5-3-11(17)4-6-12/h3-9,18H,10H2,1-2H3,(H,19,20). The summed E-state index contributed by atoms with van der Waals surface area (Å²) in [5, 5.41) is 2.46. The largest absolute Gasteiger partial charge is 0.497 e. The number of sulfonamides is 1. The maximum atomic E-state index is 12.8. The van der Waals surface area contributed by atoms with E-state index in [9.17, 15) is 17.6 Å². The number of methoxy groups -OCH3 is 2. The summed E-state index contributed by atoms with van der Waals surface area (Å²) in [7, 11) is -1.27. The van der Waals surface area contributed by atoms with Crippen LogP contribution < -0.4 is 19.5 Å². The number of nitrogens with one attached hydrogen (secondary N) is 2.